The molecule has 0 saturated carbocycles. The SMILES string of the molecule is CC(N)=N/C=C1/C2/C(F)=C\C(=Nc3nc4n(n3)CCCCC4c3ccc(F)cc3)CCCC2N1C. The predicted octanol–water partition coefficient (Wildman–Crippen LogP) is 4.99. The van der Waals surface area contributed by atoms with Crippen LogP contribution in [0.3, 0.4) is 0 Å². The van der Waals surface area contributed by atoms with Crippen LogP contribution in [0.1, 0.15) is 62.8 Å². The highest BCUT2D eigenvalue weighted by molar-refractivity contribution is 5.96. The van der Waals surface area contributed by atoms with Crippen molar-refractivity contribution >= 4 is 17.5 Å². The third-order valence-corrected chi connectivity index (χ3v) is 7.17. The van der Waals surface area contributed by atoms with E-state index >= 15 is 4.39 Å². The maximum absolute atomic E-state index is 15.4. The van der Waals surface area contributed by atoms with Crippen LogP contribution in [0.4, 0.5) is 14.7 Å². The Labute approximate surface area is 204 Å². The fourth-order valence-corrected chi connectivity index (χ4v) is 5.37. The zero-order valence-electron chi connectivity index (χ0n) is 20.2. The molecule has 3 heterocycles. The number of allylic oxidation sites excluding steroid dienone is 1. The molecule has 3 aliphatic rings. The maximum Gasteiger partial charge on any atom is 0.268 e. The van der Waals surface area contributed by atoms with Crippen molar-refractivity contribution in [3.05, 3.63) is 65.3 Å². The van der Waals surface area contributed by atoms with Gasteiger partial charge in [0.05, 0.1) is 11.8 Å². The van der Waals surface area contributed by atoms with Gasteiger partial charge in [0.25, 0.3) is 5.95 Å². The standard InChI is InChI=1S/C26H31F2N7/c1-16(29)30-15-23-24-21(28)14-19(6-5-8-22(24)34(23)2)31-26-32-25-20(7-3-4-13-35(25)33-26)17-9-11-18(27)12-10-17/h9-12,14-15,20,22,24H,3-8,13H2,1-2H3,(H2,29,30)/b21-14+,23-15-,31-19?. The number of amidine groups is 1. The molecule has 35 heavy (non-hydrogen) atoms. The van der Waals surface area contributed by atoms with Gasteiger partial charge in [0.1, 0.15) is 17.5 Å². The van der Waals surface area contributed by atoms with Crippen molar-refractivity contribution in [1.29, 1.82) is 0 Å². The first-order valence-corrected chi connectivity index (χ1v) is 12.3. The second-order valence-corrected chi connectivity index (χ2v) is 9.60. The molecule has 1 saturated heterocycles. The van der Waals surface area contributed by atoms with Crippen molar-refractivity contribution in [2.24, 2.45) is 21.6 Å². The van der Waals surface area contributed by atoms with Crippen LogP contribution in [-0.4, -0.2) is 44.3 Å². The summed E-state index contributed by atoms with van der Waals surface area (Å²) in [6.45, 7) is 2.47. The monoisotopic (exact) mass is 479 g/mol. The zero-order valence-corrected chi connectivity index (χ0v) is 20.2. The largest absolute Gasteiger partial charge is 0.387 e. The summed E-state index contributed by atoms with van der Waals surface area (Å²) in [6, 6.07) is 6.72. The Balaban J connectivity index is 1.44. The van der Waals surface area contributed by atoms with E-state index in [2.05, 4.69) is 20.0 Å². The van der Waals surface area contributed by atoms with Crippen LogP contribution in [0.2, 0.25) is 0 Å². The quantitative estimate of drug-likeness (QED) is 0.496. The van der Waals surface area contributed by atoms with Crippen LogP contribution in [0.25, 0.3) is 0 Å². The summed E-state index contributed by atoms with van der Waals surface area (Å²) in [4.78, 5) is 15.7. The highest BCUT2D eigenvalue weighted by Gasteiger charge is 2.44. The first-order valence-electron chi connectivity index (χ1n) is 12.3. The molecule has 9 heteroatoms. The number of nitrogens with two attached hydrogens (primary N) is 1. The molecular formula is C26H31F2N7. The molecule has 0 radical (unpaired) electrons. The highest BCUT2D eigenvalue weighted by atomic mass is 19.1. The number of benzene rings is 1. The lowest BCUT2D eigenvalue weighted by molar-refractivity contribution is 0.108. The van der Waals surface area contributed by atoms with Crippen LogP contribution in [0, 0.1) is 11.7 Å². The van der Waals surface area contributed by atoms with Crippen molar-refractivity contribution in [1.82, 2.24) is 19.7 Å². The predicted molar refractivity (Wildman–Crippen MR) is 133 cm³/mol. The molecule has 2 aliphatic heterocycles. The molecule has 7 nitrogen and oxygen atoms in total. The molecule has 184 valence electrons. The number of hydrogen-bond acceptors (Lipinski definition) is 5. The van der Waals surface area contributed by atoms with E-state index in [4.69, 9.17) is 10.7 Å². The fourth-order valence-electron chi connectivity index (χ4n) is 5.37. The van der Waals surface area contributed by atoms with Crippen LogP contribution >= 0.6 is 0 Å². The lowest BCUT2D eigenvalue weighted by atomic mass is 9.79. The van der Waals surface area contributed by atoms with E-state index < -0.39 is 0 Å². The number of rotatable bonds is 3. The highest BCUT2D eigenvalue weighted by Crippen LogP contribution is 2.44. The van der Waals surface area contributed by atoms with E-state index in [-0.39, 0.29) is 29.5 Å². The van der Waals surface area contributed by atoms with Crippen molar-refractivity contribution in [3.63, 3.8) is 0 Å². The van der Waals surface area contributed by atoms with E-state index in [9.17, 15) is 4.39 Å². The summed E-state index contributed by atoms with van der Waals surface area (Å²) in [7, 11) is 1.97. The molecule has 3 atom stereocenters. The Kier molecular flexibility index (Phi) is 6.49. The molecule has 2 aromatic rings. The number of nitrogens with zero attached hydrogens (tertiary/aromatic N) is 6. The normalized spacial score (nSPS) is 28.9. The van der Waals surface area contributed by atoms with Crippen molar-refractivity contribution in [3.8, 4) is 0 Å². The van der Waals surface area contributed by atoms with E-state index in [0.717, 1.165) is 55.7 Å². The van der Waals surface area contributed by atoms with Gasteiger partial charge >= 0.3 is 0 Å². The van der Waals surface area contributed by atoms with Crippen molar-refractivity contribution in [2.45, 2.75) is 64.0 Å². The summed E-state index contributed by atoms with van der Waals surface area (Å²) in [6.07, 6.45) is 8.59. The molecule has 1 fully saturated rings. The average molecular weight is 480 g/mol. The molecule has 1 aromatic carbocycles. The summed E-state index contributed by atoms with van der Waals surface area (Å²) in [5.41, 5.74) is 8.15. The Morgan fingerprint density at radius 1 is 1.14 bits per heavy atom. The lowest BCUT2D eigenvalue weighted by Crippen LogP contribution is -2.52. The molecule has 1 aromatic heterocycles. The van der Waals surface area contributed by atoms with Gasteiger partial charge in [-0.1, -0.05) is 18.6 Å². The van der Waals surface area contributed by atoms with Crippen LogP contribution < -0.4 is 5.73 Å². The molecule has 0 amide bonds. The third kappa shape index (κ3) is 4.76. The summed E-state index contributed by atoms with van der Waals surface area (Å²) >= 11 is 0. The summed E-state index contributed by atoms with van der Waals surface area (Å²) in [5, 5.41) is 4.64. The van der Waals surface area contributed by atoms with Gasteiger partial charge in [-0.15, -0.1) is 5.10 Å². The minimum absolute atomic E-state index is 0.0367. The van der Waals surface area contributed by atoms with Gasteiger partial charge in [-0.05, 0) is 62.8 Å². The minimum Gasteiger partial charge on any atom is -0.387 e. The first-order chi connectivity index (χ1) is 16.9. The van der Waals surface area contributed by atoms with Gasteiger partial charge in [-0.2, -0.15) is 4.98 Å². The third-order valence-electron chi connectivity index (χ3n) is 7.17. The average Bonchev–Trinajstić information content (AvgIpc) is 3.10. The van der Waals surface area contributed by atoms with Gasteiger partial charge in [0.2, 0.25) is 0 Å². The first kappa shape index (κ1) is 23.4. The van der Waals surface area contributed by atoms with Gasteiger partial charge in [-0.3, -0.25) is 0 Å². The number of fused-ring (bicyclic) bond motifs is 2. The number of aliphatic imine (C=N–C) groups is 2. The molecule has 5 rings (SSSR count). The second-order valence-electron chi connectivity index (χ2n) is 9.60. The van der Waals surface area contributed by atoms with Crippen LogP contribution in [0.15, 0.2) is 58.1 Å². The molecule has 3 unspecified atom stereocenters. The Hall–Kier alpha value is -3.36. The minimum atomic E-state index is -0.330. The van der Waals surface area contributed by atoms with E-state index in [1.807, 2.05) is 23.9 Å². The van der Waals surface area contributed by atoms with Crippen LogP contribution in [0.5, 0.6) is 0 Å². The Morgan fingerprint density at radius 3 is 2.71 bits per heavy atom. The number of hydrogen-bond donors (Lipinski definition) is 1. The van der Waals surface area contributed by atoms with E-state index in [1.54, 1.807) is 19.2 Å². The molecule has 2 N–H and O–H groups in total. The number of aryl methyl sites for hydroxylation is 1. The summed E-state index contributed by atoms with van der Waals surface area (Å²) in [5.74, 6) is 0.874. The Morgan fingerprint density at radius 2 is 1.94 bits per heavy atom. The van der Waals surface area contributed by atoms with Gasteiger partial charge in [0, 0.05) is 43.2 Å². The summed E-state index contributed by atoms with van der Waals surface area (Å²) < 4.78 is 30.7. The van der Waals surface area contributed by atoms with E-state index in [1.165, 1.54) is 12.1 Å². The van der Waals surface area contributed by atoms with Gasteiger partial charge in [-0.25, -0.2) is 23.4 Å². The zero-order chi connectivity index (χ0) is 24.5. The Bertz CT molecular complexity index is 1200. The van der Waals surface area contributed by atoms with E-state index in [0.29, 0.717) is 23.9 Å². The maximum atomic E-state index is 15.4. The number of aromatic nitrogens is 3. The molecule has 0 bridgehead atoms. The second kappa shape index (κ2) is 9.71. The lowest BCUT2D eigenvalue weighted by Gasteiger charge is -2.49. The van der Waals surface area contributed by atoms with Crippen LogP contribution in [-0.2, 0) is 6.54 Å². The molecule has 0 spiro atoms. The number of halogens is 2. The number of likely N-dealkylation sites (tertiary alicyclic amines) is 1. The smallest absolute Gasteiger partial charge is 0.268 e. The van der Waals surface area contributed by atoms with Crippen molar-refractivity contribution < 1.29 is 8.78 Å². The fraction of sp³-hybridized carbons (Fsp3) is 0.462. The van der Waals surface area contributed by atoms with Gasteiger partial charge < -0.3 is 10.6 Å². The van der Waals surface area contributed by atoms with Crippen molar-refractivity contribution in [2.75, 3.05) is 7.05 Å². The topological polar surface area (TPSA) is 84.7 Å². The molecular weight excluding hydrogens is 448 g/mol. The molecule has 1 aliphatic carbocycles. The van der Waals surface area contributed by atoms with Gasteiger partial charge in [0.15, 0.2) is 0 Å².